The van der Waals surface area contributed by atoms with Gasteiger partial charge in [0.05, 0.1) is 15.4 Å². The van der Waals surface area contributed by atoms with Crippen LogP contribution >= 0.6 is 38.9 Å². The van der Waals surface area contributed by atoms with Crippen LogP contribution in [0.25, 0.3) is 0 Å². The fraction of sp³-hybridized carbons (Fsp3) is 0.333. The molecule has 0 aliphatic heterocycles. The molecule has 0 bridgehead atoms. The topological polar surface area (TPSA) is 30.5 Å². The third-order valence-corrected chi connectivity index (χ3v) is 4.70. The molecular formula is C15H17BrClNO2S. The number of methoxy groups -OCH3 is 1. The van der Waals surface area contributed by atoms with Crippen molar-refractivity contribution in [3.63, 3.8) is 0 Å². The van der Waals surface area contributed by atoms with E-state index in [0.717, 1.165) is 27.3 Å². The lowest BCUT2D eigenvalue weighted by molar-refractivity contribution is 0.199. The Morgan fingerprint density at radius 2 is 2.14 bits per heavy atom. The lowest BCUT2D eigenvalue weighted by atomic mass is 10.2. The number of hydrogen-bond donors (Lipinski definition) is 1. The summed E-state index contributed by atoms with van der Waals surface area (Å²) in [6, 6.07) is 9.92. The molecule has 0 amide bonds. The fourth-order valence-corrected chi connectivity index (χ4v) is 3.41. The molecule has 0 saturated heterocycles. The highest BCUT2D eigenvalue weighted by Gasteiger charge is 2.05. The van der Waals surface area contributed by atoms with Gasteiger partial charge in [-0.05, 0) is 45.8 Å². The van der Waals surface area contributed by atoms with Crippen LogP contribution in [0.5, 0.6) is 5.75 Å². The molecule has 0 aliphatic rings. The zero-order valence-corrected chi connectivity index (χ0v) is 14.9. The van der Waals surface area contributed by atoms with Crippen molar-refractivity contribution in [3.8, 4) is 5.75 Å². The second-order valence-corrected chi connectivity index (χ2v) is 7.38. The Kier molecular flexibility index (Phi) is 6.99. The first kappa shape index (κ1) is 16.8. The first-order valence-electron chi connectivity index (χ1n) is 6.54. The largest absolute Gasteiger partial charge is 0.487 e. The smallest absolute Gasteiger partial charge is 0.138 e. The highest BCUT2D eigenvalue weighted by molar-refractivity contribution is 9.11. The van der Waals surface area contributed by atoms with E-state index in [4.69, 9.17) is 21.1 Å². The summed E-state index contributed by atoms with van der Waals surface area (Å²) in [4.78, 5) is 1.16. The monoisotopic (exact) mass is 389 g/mol. The summed E-state index contributed by atoms with van der Waals surface area (Å²) in [5.41, 5.74) is 1.13. The van der Waals surface area contributed by atoms with Gasteiger partial charge in [0.25, 0.3) is 0 Å². The van der Waals surface area contributed by atoms with Crippen LogP contribution in [0.2, 0.25) is 5.02 Å². The van der Waals surface area contributed by atoms with Crippen molar-refractivity contribution < 1.29 is 9.47 Å². The number of hydrogen-bond acceptors (Lipinski definition) is 4. The fourth-order valence-electron chi connectivity index (χ4n) is 1.76. The maximum Gasteiger partial charge on any atom is 0.138 e. The summed E-state index contributed by atoms with van der Waals surface area (Å²) in [5.74, 6) is 0.710. The molecule has 2 rings (SSSR count). The first-order valence-corrected chi connectivity index (χ1v) is 8.53. The predicted molar refractivity (Wildman–Crippen MR) is 91.4 cm³/mol. The lowest BCUT2D eigenvalue weighted by Crippen LogP contribution is -2.18. The normalized spacial score (nSPS) is 10.8. The van der Waals surface area contributed by atoms with Crippen LogP contribution in [0.3, 0.4) is 0 Å². The van der Waals surface area contributed by atoms with Crippen molar-refractivity contribution >= 4 is 38.9 Å². The van der Waals surface area contributed by atoms with Gasteiger partial charge in [-0.2, -0.15) is 0 Å². The average Bonchev–Trinajstić information content (AvgIpc) is 2.88. The van der Waals surface area contributed by atoms with Gasteiger partial charge in [-0.1, -0.05) is 17.7 Å². The maximum absolute atomic E-state index is 6.26. The average molecular weight is 391 g/mol. The molecule has 0 aliphatic carbocycles. The molecule has 1 aromatic carbocycles. The summed E-state index contributed by atoms with van der Waals surface area (Å²) in [7, 11) is 1.69. The van der Waals surface area contributed by atoms with E-state index in [0.29, 0.717) is 24.0 Å². The van der Waals surface area contributed by atoms with Crippen LogP contribution in [0.4, 0.5) is 0 Å². The second kappa shape index (κ2) is 8.76. The van der Waals surface area contributed by atoms with E-state index in [1.165, 1.54) is 0 Å². The molecule has 0 spiro atoms. The minimum absolute atomic E-state index is 0.529. The summed E-state index contributed by atoms with van der Waals surface area (Å²) >= 11 is 11.4. The predicted octanol–water partition coefficient (Wildman–Crippen LogP) is 4.48. The molecule has 3 nitrogen and oxygen atoms in total. The van der Waals surface area contributed by atoms with Crippen molar-refractivity contribution in [1.29, 1.82) is 0 Å². The van der Waals surface area contributed by atoms with E-state index in [9.17, 15) is 0 Å². The van der Waals surface area contributed by atoms with Crippen LogP contribution in [0, 0.1) is 0 Å². The van der Waals surface area contributed by atoms with Gasteiger partial charge in [-0.3, -0.25) is 0 Å². The first-order chi connectivity index (χ1) is 10.2. The van der Waals surface area contributed by atoms with Crippen molar-refractivity contribution in [2.45, 2.75) is 13.2 Å². The van der Waals surface area contributed by atoms with Crippen molar-refractivity contribution in [1.82, 2.24) is 5.32 Å². The Hall–Kier alpha value is -0.590. The van der Waals surface area contributed by atoms with Gasteiger partial charge in [0.15, 0.2) is 0 Å². The number of benzene rings is 1. The molecule has 0 fully saturated rings. The van der Waals surface area contributed by atoms with Crippen molar-refractivity contribution in [3.05, 3.63) is 49.6 Å². The molecule has 1 heterocycles. The molecule has 6 heteroatoms. The molecule has 0 unspecified atom stereocenters. The highest BCUT2D eigenvalue weighted by atomic mass is 79.9. The van der Waals surface area contributed by atoms with Gasteiger partial charge < -0.3 is 14.8 Å². The molecule has 1 N–H and O–H groups in total. The van der Waals surface area contributed by atoms with Crippen LogP contribution in [0.1, 0.15) is 10.4 Å². The summed E-state index contributed by atoms with van der Waals surface area (Å²) < 4.78 is 11.8. The van der Waals surface area contributed by atoms with E-state index in [1.54, 1.807) is 18.4 Å². The van der Waals surface area contributed by atoms with Gasteiger partial charge in [-0.25, -0.2) is 0 Å². The van der Waals surface area contributed by atoms with E-state index in [2.05, 4.69) is 21.2 Å². The molecule has 1 aromatic heterocycles. The number of thiophene rings is 1. The van der Waals surface area contributed by atoms with Crippen molar-refractivity contribution in [2.75, 3.05) is 20.3 Å². The van der Waals surface area contributed by atoms with Gasteiger partial charge in [0.1, 0.15) is 12.4 Å². The zero-order chi connectivity index (χ0) is 15.1. The van der Waals surface area contributed by atoms with Gasteiger partial charge in [-0.15, -0.1) is 11.3 Å². The Balaban J connectivity index is 1.86. The van der Waals surface area contributed by atoms with Crippen molar-refractivity contribution in [2.24, 2.45) is 0 Å². The Morgan fingerprint density at radius 1 is 1.29 bits per heavy atom. The number of nitrogens with one attached hydrogen (secondary N) is 1. The Labute approximate surface area is 142 Å². The summed E-state index contributed by atoms with van der Waals surface area (Å²) in [6.07, 6.45) is 0. The second-order valence-electron chi connectivity index (χ2n) is 4.43. The van der Waals surface area contributed by atoms with E-state index in [1.807, 2.05) is 30.3 Å². The van der Waals surface area contributed by atoms with Crippen LogP contribution in [-0.2, 0) is 17.9 Å². The quantitative estimate of drug-likeness (QED) is 0.674. The van der Waals surface area contributed by atoms with Gasteiger partial charge >= 0.3 is 0 Å². The molecule has 2 aromatic rings. The highest BCUT2D eigenvalue weighted by Crippen LogP contribution is 2.28. The zero-order valence-electron chi connectivity index (χ0n) is 11.7. The third kappa shape index (κ3) is 5.60. The molecule has 0 radical (unpaired) electrons. The van der Waals surface area contributed by atoms with E-state index >= 15 is 0 Å². The molecule has 0 atom stereocenters. The number of rotatable bonds is 8. The van der Waals surface area contributed by atoms with Gasteiger partial charge in [0.2, 0.25) is 0 Å². The number of ether oxygens (including phenoxy) is 2. The minimum Gasteiger partial charge on any atom is -0.487 e. The summed E-state index contributed by atoms with van der Waals surface area (Å²) in [5, 5.41) is 3.92. The van der Waals surface area contributed by atoms with E-state index < -0.39 is 0 Å². The molecule has 0 saturated carbocycles. The summed E-state index contributed by atoms with van der Waals surface area (Å²) in [6.45, 7) is 2.81. The lowest BCUT2D eigenvalue weighted by Gasteiger charge is -2.09. The standard InChI is InChI=1S/C15H17BrClNO2S/c1-19-7-6-18-9-11-2-4-14(13(17)8-11)20-10-12-3-5-15(16)21-12/h2-5,8,18H,6-7,9-10H2,1H3. The minimum atomic E-state index is 0.529. The molecular weight excluding hydrogens is 374 g/mol. The maximum atomic E-state index is 6.26. The molecule has 114 valence electrons. The van der Waals surface area contributed by atoms with E-state index in [-0.39, 0.29) is 0 Å². The molecule has 21 heavy (non-hydrogen) atoms. The van der Waals surface area contributed by atoms with Gasteiger partial charge in [0, 0.05) is 25.1 Å². The van der Waals surface area contributed by atoms with Crippen LogP contribution in [0.15, 0.2) is 34.1 Å². The SMILES string of the molecule is COCCNCc1ccc(OCc2ccc(Br)s2)c(Cl)c1. The Bertz CT molecular complexity index is 577. The number of halogens is 2. The van der Waals surface area contributed by atoms with Crippen LogP contribution in [-0.4, -0.2) is 20.3 Å². The Morgan fingerprint density at radius 3 is 2.81 bits per heavy atom. The van der Waals surface area contributed by atoms with Crippen LogP contribution < -0.4 is 10.1 Å². The third-order valence-electron chi connectivity index (χ3n) is 2.81.